The van der Waals surface area contributed by atoms with Gasteiger partial charge < -0.3 is 4.85 Å². The van der Waals surface area contributed by atoms with E-state index in [4.69, 9.17) is 6.57 Å². The summed E-state index contributed by atoms with van der Waals surface area (Å²) in [4.78, 5) is 7.74. The first-order valence-electron chi connectivity index (χ1n) is 5.40. The summed E-state index contributed by atoms with van der Waals surface area (Å²) in [7, 11) is 0. The maximum absolute atomic E-state index is 7.04. The molecule has 0 aliphatic heterocycles. The predicted molar refractivity (Wildman–Crippen MR) is 75.0 cm³/mol. The van der Waals surface area contributed by atoms with E-state index in [1.54, 1.807) is 6.07 Å². The number of para-hydroxylation sites is 1. The molecule has 18 heavy (non-hydrogen) atoms. The van der Waals surface area contributed by atoms with Crippen LogP contribution in [-0.4, -0.2) is 9.55 Å². The molecule has 4 heteroatoms. The third-order valence-corrected chi connectivity index (χ3v) is 3.37. The minimum atomic E-state index is 0.408. The molecule has 0 radical (unpaired) electrons. The molecule has 2 heterocycles. The van der Waals surface area contributed by atoms with Crippen molar-refractivity contribution in [2.75, 3.05) is 0 Å². The largest absolute Gasteiger partial charge is 0.361 e. The molecule has 0 saturated carbocycles. The zero-order valence-electron chi connectivity index (χ0n) is 9.34. The van der Waals surface area contributed by atoms with Gasteiger partial charge in [0, 0.05) is 16.4 Å². The van der Waals surface area contributed by atoms with Gasteiger partial charge in [-0.15, -0.1) is 4.98 Å². The SMILES string of the molecule is [C-]#[N+]c1ccc2c(Br)cn(-c3ccccc3)c2n1. The fraction of sp³-hybridized carbons (Fsp3) is 0. The van der Waals surface area contributed by atoms with Crippen molar-refractivity contribution in [2.24, 2.45) is 0 Å². The van der Waals surface area contributed by atoms with Gasteiger partial charge in [-0.05, 0) is 34.1 Å². The smallest absolute Gasteiger partial charge is 0.271 e. The fourth-order valence-electron chi connectivity index (χ4n) is 1.90. The summed E-state index contributed by atoms with van der Waals surface area (Å²) < 4.78 is 2.96. The van der Waals surface area contributed by atoms with Gasteiger partial charge in [-0.1, -0.05) is 30.8 Å². The average Bonchev–Trinajstić information content (AvgIpc) is 2.76. The number of halogens is 1. The Bertz CT molecular complexity index is 754. The van der Waals surface area contributed by atoms with Crippen LogP contribution < -0.4 is 0 Å². The molecule has 2 aromatic heterocycles. The maximum Gasteiger partial charge on any atom is 0.271 e. The molecular weight excluding hydrogens is 290 g/mol. The van der Waals surface area contributed by atoms with Crippen molar-refractivity contribution in [2.45, 2.75) is 0 Å². The Balaban J connectivity index is 2.33. The summed E-state index contributed by atoms with van der Waals surface area (Å²) >= 11 is 3.52. The lowest BCUT2D eigenvalue weighted by atomic mass is 10.3. The molecule has 0 saturated heterocycles. The number of benzene rings is 1. The predicted octanol–water partition coefficient (Wildman–Crippen LogP) is 4.34. The highest BCUT2D eigenvalue weighted by atomic mass is 79.9. The Labute approximate surface area is 113 Å². The lowest BCUT2D eigenvalue weighted by Gasteiger charge is -2.01. The van der Waals surface area contributed by atoms with E-state index in [0.717, 1.165) is 21.2 Å². The molecule has 0 aliphatic carbocycles. The third kappa shape index (κ3) is 1.69. The Morgan fingerprint density at radius 2 is 1.89 bits per heavy atom. The number of aromatic nitrogens is 2. The van der Waals surface area contributed by atoms with Gasteiger partial charge in [-0.2, -0.15) is 0 Å². The van der Waals surface area contributed by atoms with Gasteiger partial charge in [0.05, 0.1) is 5.39 Å². The molecule has 0 aliphatic rings. The second-order valence-corrected chi connectivity index (χ2v) is 4.69. The molecule has 3 rings (SSSR count). The summed E-state index contributed by atoms with van der Waals surface area (Å²) in [6.07, 6.45) is 1.97. The molecule has 86 valence electrons. The number of pyridine rings is 1. The number of hydrogen-bond acceptors (Lipinski definition) is 1. The van der Waals surface area contributed by atoms with Crippen LogP contribution >= 0.6 is 15.9 Å². The summed E-state index contributed by atoms with van der Waals surface area (Å²) in [6, 6.07) is 13.6. The molecule has 0 amide bonds. The molecule has 1 aromatic carbocycles. The zero-order valence-corrected chi connectivity index (χ0v) is 10.9. The highest BCUT2D eigenvalue weighted by Crippen LogP contribution is 2.29. The molecule has 3 nitrogen and oxygen atoms in total. The van der Waals surface area contributed by atoms with Crippen LogP contribution in [0.1, 0.15) is 0 Å². The molecule has 0 bridgehead atoms. The highest BCUT2D eigenvalue weighted by molar-refractivity contribution is 9.10. The zero-order chi connectivity index (χ0) is 12.5. The van der Waals surface area contributed by atoms with Crippen molar-refractivity contribution in [3.05, 3.63) is 64.6 Å². The van der Waals surface area contributed by atoms with Crippen LogP contribution in [0.3, 0.4) is 0 Å². The van der Waals surface area contributed by atoms with Crippen molar-refractivity contribution in [1.82, 2.24) is 9.55 Å². The van der Waals surface area contributed by atoms with Crippen molar-refractivity contribution >= 4 is 32.8 Å². The Morgan fingerprint density at radius 1 is 1.11 bits per heavy atom. The third-order valence-electron chi connectivity index (χ3n) is 2.74. The Kier molecular flexibility index (Phi) is 2.62. The minimum absolute atomic E-state index is 0.408. The van der Waals surface area contributed by atoms with E-state index in [-0.39, 0.29) is 0 Å². The van der Waals surface area contributed by atoms with E-state index in [1.165, 1.54) is 0 Å². The van der Waals surface area contributed by atoms with Crippen LogP contribution in [0.5, 0.6) is 0 Å². The summed E-state index contributed by atoms with van der Waals surface area (Å²) in [5.74, 6) is 0.408. The lowest BCUT2D eigenvalue weighted by Crippen LogP contribution is -1.92. The van der Waals surface area contributed by atoms with E-state index in [2.05, 4.69) is 25.8 Å². The van der Waals surface area contributed by atoms with Crippen molar-refractivity contribution in [3.63, 3.8) is 0 Å². The Hall–Kier alpha value is -2.12. The van der Waals surface area contributed by atoms with Crippen molar-refractivity contribution in [1.29, 1.82) is 0 Å². The topological polar surface area (TPSA) is 22.2 Å². The average molecular weight is 298 g/mol. The molecule has 0 atom stereocenters. The van der Waals surface area contributed by atoms with Crippen LogP contribution in [0.4, 0.5) is 5.82 Å². The standard InChI is InChI=1S/C14H8BrN3/c1-16-13-8-7-11-12(15)9-18(14(11)17-13)10-5-3-2-4-6-10/h2-9H. The van der Waals surface area contributed by atoms with Gasteiger partial charge in [0.2, 0.25) is 5.65 Å². The lowest BCUT2D eigenvalue weighted by molar-refractivity contribution is 1.09. The van der Waals surface area contributed by atoms with E-state index >= 15 is 0 Å². The van der Waals surface area contributed by atoms with E-state index in [1.807, 2.05) is 47.2 Å². The summed E-state index contributed by atoms with van der Waals surface area (Å²) in [5.41, 5.74) is 1.82. The van der Waals surface area contributed by atoms with Crippen LogP contribution in [0.25, 0.3) is 21.6 Å². The van der Waals surface area contributed by atoms with Crippen LogP contribution in [0.15, 0.2) is 53.1 Å². The molecule has 0 fully saturated rings. The first-order chi connectivity index (χ1) is 8.79. The Morgan fingerprint density at radius 3 is 2.61 bits per heavy atom. The quantitative estimate of drug-likeness (QED) is 0.613. The molecule has 0 unspecified atom stereocenters. The monoisotopic (exact) mass is 297 g/mol. The second kappa shape index (κ2) is 4.28. The molecule has 0 spiro atoms. The highest BCUT2D eigenvalue weighted by Gasteiger charge is 2.12. The fourth-order valence-corrected chi connectivity index (χ4v) is 2.41. The summed E-state index contributed by atoms with van der Waals surface area (Å²) in [5, 5.41) is 1.01. The minimum Gasteiger partial charge on any atom is -0.361 e. The van der Waals surface area contributed by atoms with E-state index in [9.17, 15) is 0 Å². The van der Waals surface area contributed by atoms with Gasteiger partial charge in [0.1, 0.15) is 0 Å². The first-order valence-corrected chi connectivity index (χ1v) is 6.19. The normalized spacial score (nSPS) is 10.4. The number of rotatable bonds is 1. The van der Waals surface area contributed by atoms with Crippen molar-refractivity contribution in [3.8, 4) is 5.69 Å². The van der Waals surface area contributed by atoms with Gasteiger partial charge >= 0.3 is 0 Å². The van der Waals surface area contributed by atoms with E-state index in [0.29, 0.717) is 5.82 Å². The van der Waals surface area contributed by atoms with Crippen LogP contribution in [0.2, 0.25) is 0 Å². The molecule has 0 N–H and O–H groups in total. The van der Waals surface area contributed by atoms with Gasteiger partial charge in [0.25, 0.3) is 5.82 Å². The maximum atomic E-state index is 7.04. The second-order valence-electron chi connectivity index (χ2n) is 3.84. The molecule has 3 aromatic rings. The van der Waals surface area contributed by atoms with E-state index < -0.39 is 0 Å². The van der Waals surface area contributed by atoms with Crippen LogP contribution in [0, 0.1) is 6.57 Å². The van der Waals surface area contributed by atoms with Gasteiger partial charge in [-0.3, -0.25) is 4.57 Å². The summed E-state index contributed by atoms with van der Waals surface area (Å²) in [6.45, 7) is 7.04. The molecular formula is C14H8BrN3. The van der Waals surface area contributed by atoms with Crippen molar-refractivity contribution < 1.29 is 0 Å². The van der Waals surface area contributed by atoms with Gasteiger partial charge in [-0.25, -0.2) is 0 Å². The first kappa shape index (κ1) is 11.0. The number of hydrogen-bond donors (Lipinski definition) is 0. The van der Waals surface area contributed by atoms with Crippen LogP contribution in [-0.2, 0) is 0 Å². The number of nitrogens with zero attached hydrogens (tertiary/aromatic N) is 3. The van der Waals surface area contributed by atoms with Gasteiger partial charge in [0.15, 0.2) is 0 Å². The number of fused-ring (bicyclic) bond motifs is 1.